The van der Waals surface area contributed by atoms with Crippen LogP contribution in [0.15, 0.2) is 47.0 Å². The van der Waals surface area contributed by atoms with Crippen molar-refractivity contribution >= 4 is 5.91 Å². The van der Waals surface area contributed by atoms with Crippen LogP contribution >= 0.6 is 0 Å². The quantitative estimate of drug-likeness (QED) is 0.592. The van der Waals surface area contributed by atoms with E-state index in [2.05, 4.69) is 10.1 Å². The Morgan fingerprint density at radius 3 is 2.47 bits per heavy atom. The third kappa shape index (κ3) is 4.07. The van der Waals surface area contributed by atoms with E-state index in [9.17, 15) is 4.79 Å². The number of carbonyl (C=O) groups excluding carboxylic acids is 1. The Bertz CT molecular complexity index is 1030. The summed E-state index contributed by atoms with van der Waals surface area (Å²) in [7, 11) is 4.80. The van der Waals surface area contributed by atoms with Gasteiger partial charge in [0.25, 0.3) is 0 Å². The van der Waals surface area contributed by atoms with Gasteiger partial charge in [0.2, 0.25) is 17.6 Å². The van der Waals surface area contributed by atoms with Gasteiger partial charge in [-0.15, -0.1) is 0 Å². The molecule has 1 amide bonds. The second-order valence-electron chi connectivity index (χ2n) is 7.08. The lowest BCUT2D eigenvalue weighted by Gasteiger charge is -2.16. The standard InChI is InChI=1S/C22H23N3O5/c1-27-17-6-4-5-14(7-17)12-25-13-16(10-20(25)26)22-23-21(24-30-22)15-8-18(28-2)11-19(9-15)29-3/h4-9,11,16H,10,12-13H2,1-3H3. The van der Waals surface area contributed by atoms with E-state index in [-0.39, 0.29) is 11.8 Å². The highest BCUT2D eigenvalue weighted by Crippen LogP contribution is 2.32. The first kappa shape index (κ1) is 19.8. The molecule has 1 saturated heterocycles. The Labute approximate surface area is 174 Å². The molecule has 30 heavy (non-hydrogen) atoms. The molecule has 8 nitrogen and oxygen atoms in total. The first-order valence-corrected chi connectivity index (χ1v) is 9.57. The summed E-state index contributed by atoms with van der Waals surface area (Å²) < 4.78 is 21.4. The second kappa shape index (κ2) is 8.44. The van der Waals surface area contributed by atoms with Crippen molar-refractivity contribution in [1.82, 2.24) is 15.0 Å². The lowest BCUT2D eigenvalue weighted by molar-refractivity contribution is -0.128. The van der Waals surface area contributed by atoms with Gasteiger partial charge in [-0.3, -0.25) is 4.79 Å². The summed E-state index contributed by atoms with van der Waals surface area (Å²) in [6, 6.07) is 13.1. The Hall–Kier alpha value is -3.55. The number of aromatic nitrogens is 2. The zero-order valence-corrected chi connectivity index (χ0v) is 17.1. The summed E-state index contributed by atoms with van der Waals surface area (Å²) >= 11 is 0. The van der Waals surface area contributed by atoms with Gasteiger partial charge in [0, 0.05) is 31.1 Å². The molecular formula is C22H23N3O5. The maximum atomic E-state index is 12.5. The van der Waals surface area contributed by atoms with Gasteiger partial charge in [0.05, 0.1) is 27.2 Å². The monoisotopic (exact) mass is 409 g/mol. The molecule has 0 radical (unpaired) electrons. The molecule has 1 aliphatic heterocycles. The van der Waals surface area contributed by atoms with Gasteiger partial charge >= 0.3 is 0 Å². The van der Waals surface area contributed by atoms with Crippen molar-refractivity contribution in [3.63, 3.8) is 0 Å². The number of hydrogen-bond acceptors (Lipinski definition) is 7. The Kier molecular flexibility index (Phi) is 5.56. The molecule has 3 aromatic rings. The van der Waals surface area contributed by atoms with Gasteiger partial charge in [-0.05, 0) is 29.8 Å². The normalized spacial score (nSPS) is 16.0. The van der Waals surface area contributed by atoms with Gasteiger partial charge in [0.15, 0.2) is 0 Å². The Morgan fingerprint density at radius 1 is 1.03 bits per heavy atom. The molecule has 8 heteroatoms. The minimum Gasteiger partial charge on any atom is -0.497 e. The molecule has 156 valence electrons. The van der Waals surface area contributed by atoms with Crippen LogP contribution in [0.3, 0.4) is 0 Å². The number of methoxy groups -OCH3 is 3. The number of carbonyl (C=O) groups is 1. The van der Waals surface area contributed by atoms with Crippen molar-refractivity contribution < 1.29 is 23.5 Å². The van der Waals surface area contributed by atoms with Crippen LogP contribution < -0.4 is 14.2 Å². The highest BCUT2D eigenvalue weighted by Gasteiger charge is 2.34. The number of likely N-dealkylation sites (tertiary alicyclic amines) is 1. The summed E-state index contributed by atoms with van der Waals surface area (Å²) in [5.74, 6) is 2.84. The zero-order valence-electron chi connectivity index (χ0n) is 17.1. The van der Waals surface area contributed by atoms with Gasteiger partial charge in [0.1, 0.15) is 17.2 Å². The molecule has 4 rings (SSSR count). The average Bonchev–Trinajstić information content (AvgIpc) is 3.41. The van der Waals surface area contributed by atoms with E-state index >= 15 is 0 Å². The van der Waals surface area contributed by atoms with Crippen molar-refractivity contribution in [2.75, 3.05) is 27.9 Å². The number of ether oxygens (including phenoxy) is 3. The molecule has 0 N–H and O–H groups in total. The van der Waals surface area contributed by atoms with E-state index in [1.165, 1.54) is 0 Å². The first-order valence-electron chi connectivity index (χ1n) is 9.57. The van der Waals surface area contributed by atoms with Crippen molar-refractivity contribution in [2.24, 2.45) is 0 Å². The number of nitrogens with zero attached hydrogens (tertiary/aromatic N) is 3. The van der Waals surface area contributed by atoms with E-state index in [0.29, 0.717) is 42.7 Å². The number of hydrogen-bond donors (Lipinski definition) is 0. The molecule has 0 bridgehead atoms. The van der Waals surface area contributed by atoms with Gasteiger partial charge in [-0.1, -0.05) is 17.3 Å². The van der Waals surface area contributed by atoms with E-state index in [1.807, 2.05) is 36.4 Å². The Balaban J connectivity index is 1.50. The average molecular weight is 409 g/mol. The predicted octanol–water partition coefficient (Wildman–Crippen LogP) is 3.28. The van der Waals surface area contributed by atoms with Crippen LogP contribution in [0.4, 0.5) is 0 Å². The zero-order chi connectivity index (χ0) is 21.1. The van der Waals surface area contributed by atoms with Crippen LogP contribution in [0.1, 0.15) is 23.8 Å². The highest BCUT2D eigenvalue weighted by atomic mass is 16.5. The lowest BCUT2D eigenvalue weighted by atomic mass is 10.1. The van der Waals surface area contributed by atoms with Crippen molar-refractivity contribution in [3.05, 3.63) is 53.9 Å². The molecule has 0 aliphatic carbocycles. The third-order valence-corrected chi connectivity index (χ3v) is 5.12. The van der Waals surface area contributed by atoms with Crippen LogP contribution in [0.5, 0.6) is 17.2 Å². The fraction of sp³-hybridized carbons (Fsp3) is 0.318. The van der Waals surface area contributed by atoms with E-state index < -0.39 is 0 Å². The minimum atomic E-state index is -0.142. The smallest absolute Gasteiger partial charge is 0.232 e. The largest absolute Gasteiger partial charge is 0.497 e. The van der Waals surface area contributed by atoms with Crippen molar-refractivity contribution in [1.29, 1.82) is 0 Å². The number of benzene rings is 2. The molecule has 1 fully saturated rings. The van der Waals surface area contributed by atoms with Crippen LogP contribution in [0.2, 0.25) is 0 Å². The van der Waals surface area contributed by atoms with Crippen LogP contribution in [0, 0.1) is 0 Å². The fourth-order valence-corrected chi connectivity index (χ4v) is 3.54. The summed E-state index contributed by atoms with van der Waals surface area (Å²) in [4.78, 5) is 18.9. The maximum Gasteiger partial charge on any atom is 0.232 e. The summed E-state index contributed by atoms with van der Waals surface area (Å²) in [5.41, 5.74) is 1.73. The molecule has 0 spiro atoms. The SMILES string of the molecule is COc1cccc(CN2CC(c3nc(-c4cc(OC)cc(OC)c4)no3)CC2=O)c1. The van der Waals surface area contributed by atoms with Gasteiger partial charge < -0.3 is 23.6 Å². The number of amides is 1. The lowest BCUT2D eigenvalue weighted by Crippen LogP contribution is -2.24. The summed E-state index contributed by atoms with van der Waals surface area (Å²) in [5, 5.41) is 4.10. The van der Waals surface area contributed by atoms with Crippen LogP contribution in [0.25, 0.3) is 11.4 Å². The molecule has 1 unspecified atom stereocenters. The van der Waals surface area contributed by atoms with Crippen LogP contribution in [-0.4, -0.2) is 48.8 Å². The summed E-state index contributed by atoms with van der Waals surface area (Å²) in [6.07, 6.45) is 0.340. The molecule has 1 aromatic heterocycles. The second-order valence-corrected chi connectivity index (χ2v) is 7.08. The van der Waals surface area contributed by atoms with E-state index in [1.54, 1.807) is 32.3 Å². The fourth-order valence-electron chi connectivity index (χ4n) is 3.54. The topological polar surface area (TPSA) is 86.9 Å². The van der Waals surface area contributed by atoms with Crippen molar-refractivity contribution in [2.45, 2.75) is 18.9 Å². The molecular weight excluding hydrogens is 386 g/mol. The van der Waals surface area contributed by atoms with Crippen LogP contribution in [-0.2, 0) is 11.3 Å². The van der Waals surface area contributed by atoms with Gasteiger partial charge in [-0.25, -0.2) is 0 Å². The first-order chi connectivity index (χ1) is 14.6. The van der Waals surface area contributed by atoms with E-state index in [0.717, 1.165) is 16.9 Å². The molecule has 1 atom stereocenters. The maximum absolute atomic E-state index is 12.5. The van der Waals surface area contributed by atoms with Gasteiger partial charge in [-0.2, -0.15) is 4.98 Å². The molecule has 2 heterocycles. The third-order valence-electron chi connectivity index (χ3n) is 5.12. The number of rotatable bonds is 7. The molecule has 1 aliphatic rings. The van der Waals surface area contributed by atoms with Crippen molar-refractivity contribution in [3.8, 4) is 28.6 Å². The van der Waals surface area contributed by atoms with E-state index in [4.69, 9.17) is 18.7 Å². The Morgan fingerprint density at radius 2 is 1.77 bits per heavy atom. The summed E-state index contributed by atoms with van der Waals surface area (Å²) in [6.45, 7) is 1.04. The highest BCUT2D eigenvalue weighted by molar-refractivity contribution is 5.79. The molecule has 2 aromatic carbocycles. The predicted molar refractivity (Wildman–Crippen MR) is 109 cm³/mol. The molecule has 0 saturated carbocycles. The minimum absolute atomic E-state index is 0.0608.